The van der Waals surface area contributed by atoms with Gasteiger partial charge in [-0.15, -0.1) is 0 Å². The zero-order valence-electron chi connectivity index (χ0n) is 21.3. The van der Waals surface area contributed by atoms with Crippen LogP contribution in [-0.2, 0) is 19.2 Å². The molecule has 2 aliphatic carbocycles. The van der Waals surface area contributed by atoms with Gasteiger partial charge in [0.15, 0.2) is 0 Å². The van der Waals surface area contributed by atoms with Gasteiger partial charge in [-0.2, -0.15) is 18.4 Å². The van der Waals surface area contributed by atoms with E-state index < -0.39 is 53.4 Å². The quantitative estimate of drug-likeness (QED) is 0.486. The number of carbonyl (C=O) groups excluding carboxylic acids is 4. The molecule has 2 saturated carbocycles. The number of hydrogen-bond acceptors (Lipinski definition) is 5. The van der Waals surface area contributed by atoms with Crippen LogP contribution in [0.1, 0.15) is 67.1 Å². The Balaban J connectivity index is 0.00000400. The van der Waals surface area contributed by atoms with Crippen LogP contribution < -0.4 is 16.0 Å². The molecule has 1 spiro atoms. The van der Waals surface area contributed by atoms with Crippen molar-refractivity contribution in [3.8, 4) is 6.07 Å². The molecule has 37 heavy (non-hydrogen) atoms. The Morgan fingerprint density at radius 2 is 1.89 bits per heavy atom. The first-order valence-electron chi connectivity index (χ1n) is 12.9. The number of carbonyl (C=O) groups is 4. The maximum absolute atomic E-state index is 13.6. The average molecular weight is 528 g/mol. The van der Waals surface area contributed by atoms with Gasteiger partial charge in [0.05, 0.1) is 6.07 Å². The molecule has 4 amide bonds. The van der Waals surface area contributed by atoms with Crippen molar-refractivity contribution in [1.82, 2.24) is 20.9 Å². The van der Waals surface area contributed by atoms with Crippen molar-refractivity contribution in [2.24, 2.45) is 23.2 Å². The molecule has 0 aromatic heterocycles. The lowest BCUT2D eigenvalue weighted by Gasteiger charge is -2.36. The Bertz CT molecular complexity index is 1020. The summed E-state index contributed by atoms with van der Waals surface area (Å²) in [7, 11) is 0. The van der Waals surface area contributed by atoms with Crippen molar-refractivity contribution in [2.75, 3.05) is 6.54 Å². The van der Waals surface area contributed by atoms with E-state index in [9.17, 15) is 37.6 Å². The molecule has 2 saturated heterocycles. The Morgan fingerprint density at radius 3 is 2.43 bits per heavy atom. The summed E-state index contributed by atoms with van der Waals surface area (Å²) < 4.78 is 39.0. The fourth-order valence-electron chi connectivity index (χ4n) is 6.23. The third-order valence-electron chi connectivity index (χ3n) is 8.33. The number of alkyl halides is 3. The minimum absolute atomic E-state index is 0. The van der Waals surface area contributed by atoms with Crippen LogP contribution in [0.15, 0.2) is 0 Å². The molecule has 2 heterocycles. The van der Waals surface area contributed by atoms with E-state index in [4.69, 9.17) is 0 Å². The molecule has 0 aromatic rings. The van der Waals surface area contributed by atoms with Gasteiger partial charge < -0.3 is 20.9 Å². The van der Waals surface area contributed by atoms with Gasteiger partial charge in [0.25, 0.3) is 0 Å². The normalized spacial score (nSPS) is 29.8. The molecule has 4 aliphatic rings. The van der Waals surface area contributed by atoms with E-state index in [2.05, 4.69) is 10.6 Å². The zero-order chi connectivity index (χ0) is 27.3. The molecule has 12 heteroatoms. The SMILES string of the molecule is CC(C)(C)C(NC(=O)C(F)(F)F)C(=O)N1CC2CCCC2C1C(=O)NC(C#N)CC1CC2(CC2)NC1=O.[HH]. The highest BCUT2D eigenvalue weighted by molar-refractivity contribution is 5.94. The van der Waals surface area contributed by atoms with Gasteiger partial charge in [0.2, 0.25) is 17.7 Å². The number of rotatable bonds is 6. The van der Waals surface area contributed by atoms with E-state index in [1.807, 2.05) is 11.4 Å². The van der Waals surface area contributed by atoms with Crippen LogP contribution in [0.5, 0.6) is 0 Å². The number of nitriles is 1. The molecule has 206 valence electrons. The van der Waals surface area contributed by atoms with Crippen molar-refractivity contribution >= 4 is 23.6 Å². The van der Waals surface area contributed by atoms with Crippen molar-refractivity contribution in [1.29, 1.82) is 5.26 Å². The third kappa shape index (κ3) is 5.55. The van der Waals surface area contributed by atoms with E-state index in [1.54, 1.807) is 20.8 Å². The Hall–Kier alpha value is -2.84. The molecule has 0 aromatic carbocycles. The van der Waals surface area contributed by atoms with Gasteiger partial charge in [-0.1, -0.05) is 27.2 Å². The zero-order valence-corrected chi connectivity index (χ0v) is 21.3. The summed E-state index contributed by atoms with van der Waals surface area (Å²) in [4.78, 5) is 52.4. The standard InChI is InChI=1S/C25H34F3N5O4.H2/c1-23(2,3)18(31-22(37)25(26,27)28)21(36)33-12-13-5-4-6-16(13)17(33)20(35)30-15(11-29)9-14-10-24(7-8-24)32-19(14)34;/h13-18H,4-10,12H2,1-3H3,(H,30,35)(H,31,37)(H,32,34);1H. The third-order valence-corrected chi connectivity index (χ3v) is 8.33. The summed E-state index contributed by atoms with van der Waals surface area (Å²) in [6, 6.07) is -1.36. The Morgan fingerprint density at radius 1 is 1.22 bits per heavy atom. The molecule has 0 radical (unpaired) electrons. The van der Waals surface area contributed by atoms with Crippen molar-refractivity contribution in [3.63, 3.8) is 0 Å². The van der Waals surface area contributed by atoms with Crippen molar-refractivity contribution < 1.29 is 33.8 Å². The minimum atomic E-state index is -5.16. The minimum Gasteiger partial charge on any atom is -0.350 e. The number of nitrogens with one attached hydrogen (secondary N) is 3. The smallest absolute Gasteiger partial charge is 0.350 e. The molecule has 6 unspecified atom stereocenters. The monoisotopic (exact) mass is 527 g/mol. The van der Waals surface area contributed by atoms with Gasteiger partial charge in [-0.05, 0) is 55.8 Å². The highest BCUT2D eigenvalue weighted by Crippen LogP contribution is 2.46. The van der Waals surface area contributed by atoms with E-state index in [0.717, 1.165) is 25.7 Å². The van der Waals surface area contributed by atoms with Crippen LogP contribution in [0.25, 0.3) is 0 Å². The second kappa shape index (κ2) is 9.48. The van der Waals surface area contributed by atoms with Gasteiger partial charge in [0, 0.05) is 19.4 Å². The van der Waals surface area contributed by atoms with Gasteiger partial charge >= 0.3 is 12.1 Å². The highest BCUT2D eigenvalue weighted by atomic mass is 19.4. The lowest BCUT2D eigenvalue weighted by molar-refractivity contribution is -0.176. The lowest BCUT2D eigenvalue weighted by Crippen LogP contribution is -2.60. The molecule has 4 fully saturated rings. The van der Waals surface area contributed by atoms with E-state index in [0.29, 0.717) is 12.8 Å². The number of amides is 4. The summed E-state index contributed by atoms with van der Waals surface area (Å²) in [5.41, 5.74) is -1.22. The first-order valence-corrected chi connectivity index (χ1v) is 12.9. The van der Waals surface area contributed by atoms with Crippen LogP contribution in [0.3, 0.4) is 0 Å². The van der Waals surface area contributed by atoms with E-state index in [-0.39, 0.29) is 37.7 Å². The summed E-state index contributed by atoms with van der Waals surface area (Å²) in [6.07, 6.45) is -0.274. The highest BCUT2D eigenvalue weighted by Gasteiger charge is 2.54. The van der Waals surface area contributed by atoms with E-state index in [1.165, 1.54) is 4.90 Å². The number of fused-ring (bicyclic) bond motifs is 1. The van der Waals surface area contributed by atoms with Gasteiger partial charge in [0.1, 0.15) is 18.1 Å². The first-order chi connectivity index (χ1) is 17.1. The fraction of sp³-hybridized carbons (Fsp3) is 0.800. The topological polar surface area (TPSA) is 131 Å². The lowest BCUT2D eigenvalue weighted by atomic mass is 9.85. The van der Waals surface area contributed by atoms with Crippen LogP contribution >= 0.6 is 0 Å². The fourth-order valence-corrected chi connectivity index (χ4v) is 6.23. The number of hydrogen-bond donors (Lipinski definition) is 3. The number of halogens is 3. The first kappa shape index (κ1) is 27.2. The largest absolute Gasteiger partial charge is 0.471 e. The van der Waals surface area contributed by atoms with Crippen LogP contribution in [0, 0.1) is 34.5 Å². The molecular formula is C25H36F3N5O4. The second-order valence-corrected chi connectivity index (χ2v) is 12.2. The van der Waals surface area contributed by atoms with Crippen molar-refractivity contribution in [2.45, 2.75) is 95.6 Å². The van der Waals surface area contributed by atoms with E-state index >= 15 is 0 Å². The van der Waals surface area contributed by atoms with Crippen LogP contribution in [-0.4, -0.2) is 64.9 Å². The Labute approximate surface area is 215 Å². The molecule has 2 aliphatic heterocycles. The molecule has 9 nitrogen and oxygen atoms in total. The van der Waals surface area contributed by atoms with Crippen molar-refractivity contribution in [3.05, 3.63) is 0 Å². The molecule has 3 N–H and O–H groups in total. The predicted octanol–water partition coefficient (Wildman–Crippen LogP) is 2.02. The molecule has 6 atom stereocenters. The average Bonchev–Trinajstić information content (AvgIpc) is 3.10. The van der Waals surface area contributed by atoms with Gasteiger partial charge in [-0.3, -0.25) is 19.2 Å². The predicted molar refractivity (Wildman–Crippen MR) is 126 cm³/mol. The molecule has 4 rings (SSSR count). The van der Waals surface area contributed by atoms with Crippen LogP contribution in [0.2, 0.25) is 0 Å². The van der Waals surface area contributed by atoms with Gasteiger partial charge in [-0.25, -0.2) is 0 Å². The number of likely N-dealkylation sites (tertiary alicyclic amines) is 1. The summed E-state index contributed by atoms with van der Waals surface area (Å²) >= 11 is 0. The second-order valence-electron chi connectivity index (χ2n) is 12.2. The molecular weight excluding hydrogens is 491 g/mol. The molecule has 0 bridgehead atoms. The number of nitrogens with zero attached hydrogens (tertiary/aromatic N) is 2. The maximum atomic E-state index is 13.6. The summed E-state index contributed by atoms with van der Waals surface area (Å²) in [6.45, 7) is 4.83. The van der Waals surface area contributed by atoms with Crippen LogP contribution in [0.4, 0.5) is 13.2 Å². The summed E-state index contributed by atoms with van der Waals surface area (Å²) in [5.74, 6) is -4.22. The Kier molecular flexibility index (Phi) is 6.97. The maximum Gasteiger partial charge on any atom is 0.471 e. The summed E-state index contributed by atoms with van der Waals surface area (Å²) in [5, 5.41) is 17.2.